The largest absolute Gasteiger partial charge is 0.370 e. The van der Waals surface area contributed by atoms with Crippen LogP contribution in [0.4, 0.5) is 0 Å². The maximum atomic E-state index is 11.5. The predicted molar refractivity (Wildman–Crippen MR) is 58.4 cm³/mol. The molecule has 5 N–H and O–H groups in total. The molecule has 82 valence electrons. The average molecular weight is 209 g/mol. The molecular weight excluding hydrogens is 194 g/mol. The van der Waals surface area contributed by atoms with E-state index in [0.29, 0.717) is 18.8 Å². The van der Waals surface area contributed by atoms with Gasteiger partial charge in [-0.3, -0.25) is 9.79 Å². The number of amides is 1. The molecule has 0 saturated carbocycles. The van der Waals surface area contributed by atoms with Crippen molar-refractivity contribution in [2.24, 2.45) is 23.5 Å². The van der Waals surface area contributed by atoms with Gasteiger partial charge in [-0.15, -0.1) is 0 Å². The lowest BCUT2D eigenvalue weighted by Gasteiger charge is -2.04. The molecule has 0 saturated heterocycles. The van der Waals surface area contributed by atoms with Crippen LogP contribution in [0.2, 0.25) is 0 Å². The Morgan fingerprint density at radius 1 is 1.60 bits per heavy atom. The minimum atomic E-state index is -0.131. The second kappa shape index (κ2) is 5.04. The Hall–Kier alpha value is -1.98. The topological polar surface area (TPSA) is 98.4 Å². The second-order valence-electron chi connectivity index (χ2n) is 3.07. The Morgan fingerprint density at radius 2 is 2.33 bits per heavy atom. The van der Waals surface area contributed by atoms with E-state index in [-0.39, 0.29) is 11.9 Å². The maximum absolute atomic E-state index is 11.5. The van der Waals surface area contributed by atoms with Crippen LogP contribution in [0, 0.1) is 0 Å². The van der Waals surface area contributed by atoms with Gasteiger partial charge in [0.1, 0.15) is 5.69 Å². The maximum Gasteiger partial charge on any atom is 0.267 e. The van der Waals surface area contributed by atoms with Crippen LogP contribution in [0.15, 0.2) is 23.3 Å². The summed E-state index contributed by atoms with van der Waals surface area (Å²) in [5.74, 6) is -0.101. The molecule has 6 nitrogen and oxygen atoms in total. The van der Waals surface area contributed by atoms with E-state index in [9.17, 15) is 4.79 Å². The quantitative estimate of drug-likeness (QED) is 0.338. The van der Waals surface area contributed by atoms with Crippen LogP contribution >= 0.6 is 0 Å². The van der Waals surface area contributed by atoms with Crippen molar-refractivity contribution in [3.05, 3.63) is 24.0 Å². The number of carbonyl (C=O) groups is 1. The van der Waals surface area contributed by atoms with E-state index in [4.69, 9.17) is 11.5 Å². The minimum Gasteiger partial charge on any atom is -0.370 e. The van der Waals surface area contributed by atoms with Crippen molar-refractivity contribution >= 4 is 11.9 Å². The molecule has 1 rings (SSSR count). The Balaban J connectivity index is 2.38. The van der Waals surface area contributed by atoms with Crippen molar-refractivity contribution in [1.29, 1.82) is 0 Å². The first-order valence-electron chi connectivity index (χ1n) is 4.56. The number of hydrogen-bond acceptors (Lipinski definition) is 2. The lowest BCUT2D eigenvalue weighted by molar-refractivity contribution is 0.0947. The smallest absolute Gasteiger partial charge is 0.267 e. The molecule has 1 aromatic heterocycles. The number of rotatable bonds is 4. The highest BCUT2D eigenvalue weighted by atomic mass is 16.1. The molecule has 15 heavy (non-hydrogen) atoms. The van der Waals surface area contributed by atoms with Crippen molar-refractivity contribution in [2.45, 2.75) is 0 Å². The molecule has 0 spiro atoms. The van der Waals surface area contributed by atoms with Crippen molar-refractivity contribution in [3.63, 3.8) is 0 Å². The summed E-state index contributed by atoms with van der Waals surface area (Å²) < 4.78 is 1.75. The van der Waals surface area contributed by atoms with Gasteiger partial charge in [0.15, 0.2) is 5.96 Å². The van der Waals surface area contributed by atoms with E-state index >= 15 is 0 Å². The van der Waals surface area contributed by atoms with E-state index in [1.54, 1.807) is 10.6 Å². The molecule has 1 aromatic rings. The summed E-state index contributed by atoms with van der Waals surface area (Å²) >= 11 is 0. The van der Waals surface area contributed by atoms with Gasteiger partial charge in [-0.2, -0.15) is 0 Å². The minimum absolute atomic E-state index is 0.0307. The molecule has 0 fully saturated rings. The number of aliphatic imine (C=N–C) groups is 1. The Kier molecular flexibility index (Phi) is 3.73. The summed E-state index contributed by atoms with van der Waals surface area (Å²) in [4.78, 5) is 15.3. The fourth-order valence-corrected chi connectivity index (χ4v) is 1.14. The summed E-state index contributed by atoms with van der Waals surface area (Å²) in [7, 11) is 1.81. The van der Waals surface area contributed by atoms with Crippen molar-refractivity contribution in [2.75, 3.05) is 13.1 Å². The molecule has 0 aliphatic rings. The number of nitrogens with zero attached hydrogens (tertiary/aromatic N) is 2. The highest BCUT2D eigenvalue weighted by molar-refractivity contribution is 5.92. The molecule has 6 heteroatoms. The van der Waals surface area contributed by atoms with E-state index in [0.717, 1.165) is 0 Å². The average Bonchev–Trinajstić information content (AvgIpc) is 2.58. The fraction of sp³-hybridized carbons (Fsp3) is 0.333. The first-order chi connectivity index (χ1) is 7.11. The Morgan fingerprint density at radius 3 is 2.87 bits per heavy atom. The lowest BCUT2D eigenvalue weighted by Crippen LogP contribution is -2.29. The number of carbonyl (C=O) groups excluding carboxylic acids is 1. The molecule has 0 bridgehead atoms. The zero-order valence-electron chi connectivity index (χ0n) is 8.60. The fourth-order valence-electron chi connectivity index (χ4n) is 1.14. The number of nitrogens with one attached hydrogen (secondary N) is 1. The van der Waals surface area contributed by atoms with Gasteiger partial charge < -0.3 is 21.4 Å². The molecule has 0 aromatic carbocycles. The number of aromatic nitrogens is 1. The van der Waals surface area contributed by atoms with Crippen LogP contribution in [0.25, 0.3) is 0 Å². The van der Waals surface area contributed by atoms with Crippen LogP contribution in [-0.2, 0) is 7.05 Å². The van der Waals surface area contributed by atoms with Gasteiger partial charge in [-0.1, -0.05) is 0 Å². The first kappa shape index (κ1) is 11.1. The monoisotopic (exact) mass is 209 g/mol. The summed E-state index contributed by atoms with van der Waals surface area (Å²) in [5.41, 5.74) is 10.9. The van der Waals surface area contributed by atoms with Crippen LogP contribution in [0.5, 0.6) is 0 Å². The molecule has 0 unspecified atom stereocenters. The number of nitrogens with two attached hydrogens (primary N) is 2. The van der Waals surface area contributed by atoms with Crippen molar-refractivity contribution in [3.8, 4) is 0 Å². The van der Waals surface area contributed by atoms with Gasteiger partial charge in [0.2, 0.25) is 0 Å². The van der Waals surface area contributed by atoms with Gasteiger partial charge in [0, 0.05) is 19.8 Å². The van der Waals surface area contributed by atoms with E-state index in [2.05, 4.69) is 10.3 Å². The van der Waals surface area contributed by atoms with Gasteiger partial charge in [0.25, 0.3) is 5.91 Å². The van der Waals surface area contributed by atoms with Gasteiger partial charge in [-0.25, -0.2) is 0 Å². The van der Waals surface area contributed by atoms with E-state index in [1.807, 2.05) is 19.3 Å². The third-order valence-corrected chi connectivity index (χ3v) is 1.87. The van der Waals surface area contributed by atoms with E-state index < -0.39 is 0 Å². The summed E-state index contributed by atoms with van der Waals surface area (Å²) in [6.07, 6.45) is 1.81. The van der Waals surface area contributed by atoms with Gasteiger partial charge in [0.05, 0.1) is 6.54 Å². The summed E-state index contributed by atoms with van der Waals surface area (Å²) in [5, 5.41) is 2.70. The summed E-state index contributed by atoms with van der Waals surface area (Å²) in [6, 6.07) is 3.56. The number of guanidine groups is 1. The molecular formula is C9H15N5O. The van der Waals surface area contributed by atoms with Crippen LogP contribution < -0.4 is 16.8 Å². The molecule has 0 atom stereocenters. The van der Waals surface area contributed by atoms with Gasteiger partial charge >= 0.3 is 0 Å². The lowest BCUT2D eigenvalue weighted by atomic mass is 10.4. The predicted octanol–water partition coefficient (Wildman–Crippen LogP) is -0.972. The van der Waals surface area contributed by atoms with Gasteiger partial charge in [-0.05, 0) is 12.1 Å². The first-order valence-corrected chi connectivity index (χ1v) is 4.56. The molecule has 1 heterocycles. The third kappa shape index (κ3) is 3.34. The molecule has 0 aliphatic carbocycles. The Bertz CT molecular complexity index is 364. The third-order valence-electron chi connectivity index (χ3n) is 1.87. The normalized spacial score (nSPS) is 9.67. The standard InChI is InChI=1S/C9H15N5O/c1-14-6-2-3-7(14)8(15)12-4-5-13-9(10)11/h2-3,6H,4-5H2,1H3,(H,12,15)(H4,10,11,13). The van der Waals surface area contributed by atoms with Crippen molar-refractivity contribution in [1.82, 2.24) is 9.88 Å². The molecule has 0 radical (unpaired) electrons. The highest BCUT2D eigenvalue weighted by Gasteiger charge is 2.06. The molecule has 1 amide bonds. The zero-order valence-corrected chi connectivity index (χ0v) is 8.60. The second-order valence-corrected chi connectivity index (χ2v) is 3.07. The number of hydrogen-bond donors (Lipinski definition) is 3. The SMILES string of the molecule is Cn1cccc1C(=O)NCCN=C(N)N. The molecule has 0 aliphatic heterocycles. The van der Waals surface area contributed by atoms with Crippen LogP contribution in [0.1, 0.15) is 10.5 Å². The Labute approximate surface area is 88.0 Å². The number of aryl methyl sites for hydroxylation is 1. The van der Waals surface area contributed by atoms with Crippen LogP contribution in [-0.4, -0.2) is 29.5 Å². The highest BCUT2D eigenvalue weighted by Crippen LogP contribution is 1.98. The van der Waals surface area contributed by atoms with E-state index in [1.165, 1.54) is 0 Å². The zero-order chi connectivity index (χ0) is 11.3. The van der Waals surface area contributed by atoms with Crippen molar-refractivity contribution < 1.29 is 4.79 Å². The summed E-state index contributed by atoms with van der Waals surface area (Å²) in [6.45, 7) is 0.806. The van der Waals surface area contributed by atoms with Crippen LogP contribution in [0.3, 0.4) is 0 Å².